The first-order valence-electron chi connectivity index (χ1n) is 10.5. The number of anilines is 1. The van der Waals surface area contributed by atoms with Crippen molar-refractivity contribution in [2.24, 2.45) is 0 Å². The Bertz CT molecular complexity index is 1140. The van der Waals surface area contributed by atoms with Gasteiger partial charge in [0.15, 0.2) is 0 Å². The van der Waals surface area contributed by atoms with E-state index in [1.165, 1.54) is 5.57 Å². The van der Waals surface area contributed by atoms with E-state index in [0.29, 0.717) is 31.3 Å². The molecule has 0 spiro atoms. The van der Waals surface area contributed by atoms with Gasteiger partial charge in [-0.05, 0) is 29.8 Å². The van der Waals surface area contributed by atoms with Gasteiger partial charge in [0.1, 0.15) is 0 Å². The van der Waals surface area contributed by atoms with Crippen molar-refractivity contribution in [3.05, 3.63) is 107 Å². The van der Waals surface area contributed by atoms with Crippen molar-refractivity contribution in [2.45, 2.75) is 13.2 Å². The number of hydrazine groups is 1. The summed E-state index contributed by atoms with van der Waals surface area (Å²) in [7, 11) is 0. The second kappa shape index (κ2) is 9.38. The van der Waals surface area contributed by atoms with Crippen LogP contribution in [-0.4, -0.2) is 39.5 Å². The van der Waals surface area contributed by atoms with Gasteiger partial charge in [0, 0.05) is 42.6 Å². The van der Waals surface area contributed by atoms with Crippen molar-refractivity contribution in [1.29, 1.82) is 0 Å². The molecule has 162 valence electrons. The van der Waals surface area contributed by atoms with E-state index in [4.69, 9.17) is 16.3 Å². The van der Waals surface area contributed by atoms with Gasteiger partial charge in [-0.15, -0.1) is 0 Å². The summed E-state index contributed by atoms with van der Waals surface area (Å²) in [6.07, 6.45) is 11.0. The number of aromatic nitrogens is 3. The SMILES string of the molecule is Clc1ccccc1N1CC2=C(COCc3cccnc3)N(Cc3cnccn3)CC=C2N1. The first-order chi connectivity index (χ1) is 15.8. The lowest BCUT2D eigenvalue weighted by molar-refractivity contribution is 0.119. The lowest BCUT2D eigenvalue weighted by atomic mass is 10.1. The molecule has 0 amide bonds. The van der Waals surface area contributed by atoms with E-state index in [-0.39, 0.29) is 0 Å². The van der Waals surface area contributed by atoms with Crippen LogP contribution in [0.2, 0.25) is 5.02 Å². The largest absolute Gasteiger partial charge is 0.371 e. The minimum absolute atomic E-state index is 0.486. The maximum absolute atomic E-state index is 6.45. The summed E-state index contributed by atoms with van der Waals surface area (Å²) in [5.41, 5.74) is 9.86. The Labute approximate surface area is 192 Å². The van der Waals surface area contributed by atoms with Gasteiger partial charge in [-0.25, -0.2) is 0 Å². The molecular weight excluding hydrogens is 424 g/mol. The van der Waals surface area contributed by atoms with Crippen LogP contribution in [0.1, 0.15) is 11.3 Å². The molecule has 0 unspecified atom stereocenters. The fourth-order valence-corrected chi connectivity index (χ4v) is 4.16. The van der Waals surface area contributed by atoms with E-state index < -0.39 is 0 Å². The molecule has 1 saturated heterocycles. The quantitative estimate of drug-likeness (QED) is 0.593. The molecule has 0 bridgehead atoms. The number of pyridine rings is 1. The van der Waals surface area contributed by atoms with E-state index >= 15 is 0 Å². The number of fused-ring (bicyclic) bond motifs is 1. The maximum Gasteiger partial charge on any atom is 0.0873 e. The van der Waals surface area contributed by atoms with Gasteiger partial charge in [0.25, 0.3) is 0 Å². The molecule has 1 aromatic carbocycles. The average molecular weight is 447 g/mol. The van der Waals surface area contributed by atoms with Crippen molar-refractivity contribution >= 4 is 17.3 Å². The Balaban J connectivity index is 1.40. The summed E-state index contributed by atoms with van der Waals surface area (Å²) in [5, 5.41) is 2.79. The van der Waals surface area contributed by atoms with Gasteiger partial charge in [-0.2, -0.15) is 0 Å². The molecule has 0 atom stereocenters. The number of nitrogens with one attached hydrogen (secondary N) is 1. The number of hydrogen-bond acceptors (Lipinski definition) is 7. The van der Waals surface area contributed by atoms with Crippen LogP contribution < -0.4 is 10.4 Å². The predicted molar refractivity (Wildman–Crippen MR) is 123 cm³/mol. The third-order valence-corrected chi connectivity index (χ3v) is 5.81. The van der Waals surface area contributed by atoms with E-state index in [1.807, 2.05) is 42.6 Å². The molecule has 7 nitrogen and oxygen atoms in total. The van der Waals surface area contributed by atoms with E-state index in [2.05, 4.69) is 36.4 Å². The molecule has 2 aliphatic rings. The molecule has 8 heteroatoms. The van der Waals surface area contributed by atoms with Gasteiger partial charge in [-0.3, -0.25) is 25.4 Å². The zero-order valence-electron chi connectivity index (χ0n) is 17.5. The Morgan fingerprint density at radius 2 is 1.91 bits per heavy atom. The van der Waals surface area contributed by atoms with Crippen molar-refractivity contribution in [3.8, 4) is 0 Å². The number of rotatable bonds is 7. The standard InChI is InChI=1S/C24H23ClN6O/c25-21-5-1-2-6-23(21)31-15-20-22(29-31)7-11-30(14-19-13-27-9-10-28-19)24(20)17-32-16-18-4-3-8-26-12-18/h1-10,12-13,29H,11,14-17H2. The fourth-order valence-electron chi connectivity index (χ4n) is 3.92. The molecule has 32 heavy (non-hydrogen) atoms. The maximum atomic E-state index is 6.45. The van der Waals surface area contributed by atoms with Crippen molar-refractivity contribution in [2.75, 3.05) is 24.7 Å². The van der Waals surface area contributed by atoms with E-state index in [9.17, 15) is 0 Å². The molecule has 0 radical (unpaired) electrons. The Morgan fingerprint density at radius 3 is 2.72 bits per heavy atom. The molecule has 2 aromatic heterocycles. The highest BCUT2D eigenvalue weighted by atomic mass is 35.5. The zero-order chi connectivity index (χ0) is 21.8. The first kappa shape index (κ1) is 20.5. The Hall–Kier alpha value is -3.42. The minimum atomic E-state index is 0.486. The van der Waals surface area contributed by atoms with Crippen molar-refractivity contribution in [3.63, 3.8) is 0 Å². The Morgan fingerprint density at radius 1 is 1.00 bits per heavy atom. The number of nitrogens with zero attached hydrogens (tertiary/aromatic N) is 5. The summed E-state index contributed by atoms with van der Waals surface area (Å²) in [6, 6.07) is 11.8. The van der Waals surface area contributed by atoms with Gasteiger partial charge in [0.2, 0.25) is 0 Å². The van der Waals surface area contributed by atoms with Crippen LogP contribution in [0.5, 0.6) is 0 Å². The van der Waals surface area contributed by atoms with Crippen LogP contribution in [-0.2, 0) is 17.9 Å². The molecule has 3 aromatic rings. The van der Waals surface area contributed by atoms with E-state index in [1.54, 1.807) is 24.8 Å². The lowest BCUT2D eigenvalue weighted by Gasteiger charge is -2.30. The smallest absolute Gasteiger partial charge is 0.0873 e. The number of para-hydroxylation sites is 1. The normalized spacial score (nSPS) is 15.5. The number of ether oxygens (including phenoxy) is 1. The monoisotopic (exact) mass is 446 g/mol. The van der Waals surface area contributed by atoms with Crippen molar-refractivity contribution < 1.29 is 4.74 Å². The topological polar surface area (TPSA) is 66.4 Å². The van der Waals surface area contributed by atoms with E-state index in [0.717, 1.165) is 34.9 Å². The predicted octanol–water partition coefficient (Wildman–Crippen LogP) is 3.72. The van der Waals surface area contributed by atoms with Gasteiger partial charge in [-0.1, -0.05) is 29.8 Å². The molecular formula is C24H23ClN6O. The molecule has 1 N–H and O–H groups in total. The highest BCUT2D eigenvalue weighted by Gasteiger charge is 2.31. The molecule has 2 aliphatic heterocycles. The summed E-state index contributed by atoms with van der Waals surface area (Å²) < 4.78 is 6.12. The summed E-state index contributed by atoms with van der Waals surface area (Å²) in [4.78, 5) is 15.1. The molecule has 1 fully saturated rings. The first-order valence-corrected chi connectivity index (χ1v) is 10.8. The highest BCUT2D eigenvalue weighted by Crippen LogP contribution is 2.33. The van der Waals surface area contributed by atoms with Crippen LogP contribution in [0.15, 0.2) is 90.4 Å². The fraction of sp³-hybridized carbons (Fsp3) is 0.208. The number of hydrogen-bond donors (Lipinski definition) is 1. The number of benzene rings is 1. The summed E-state index contributed by atoms with van der Waals surface area (Å²) in [5.74, 6) is 0. The highest BCUT2D eigenvalue weighted by molar-refractivity contribution is 6.33. The molecule has 0 saturated carbocycles. The second-order valence-corrected chi connectivity index (χ2v) is 8.03. The molecule has 0 aliphatic carbocycles. The zero-order valence-corrected chi connectivity index (χ0v) is 18.2. The minimum Gasteiger partial charge on any atom is -0.371 e. The average Bonchev–Trinajstić information content (AvgIpc) is 3.26. The Kier molecular flexibility index (Phi) is 6.00. The second-order valence-electron chi connectivity index (χ2n) is 7.62. The van der Waals surface area contributed by atoms with Crippen molar-refractivity contribution in [1.82, 2.24) is 25.3 Å². The van der Waals surface area contributed by atoms with Crippen LogP contribution >= 0.6 is 11.6 Å². The van der Waals surface area contributed by atoms with Gasteiger partial charge >= 0.3 is 0 Å². The van der Waals surface area contributed by atoms with Crippen LogP contribution in [0.4, 0.5) is 5.69 Å². The van der Waals surface area contributed by atoms with Crippen LogP contribution in [0.3, 0.4) is 0 Å². The van der Waals surface area contributed by atoms with Gasteiger partial charge in [0.05, 0.1) is 54.6 Å². The molecule has 4 heterocycles. The third kappa shape index (κ3) is 4.44. The van der Waals surface area contributed by atoms with Crippen LogP contribution in [0.25, 0.3) is 0 Å². The lowest BCUT2D eigenvalue weighted by Crippen LogP contribution is -2.31. The summed E-state index contributed by atoms with van der Waals surface area (Å²) >= 11 is 6.45. The summed E-state index contributed by atoms with van der Waals surface area (Å²) in [6.45, 7) is 3.10. The molecule has 5 rings (SSSR count). The van der Waals surface area contributed by atoms with Crippen LogP contribution in [0, 0.1) is 0 Å². The third-order valence-electron chi connectivity index (χ3n) is 5.49. The number of halogens is 1. The van der Waals surface area contributed by atoms with Gasteiger partial charge < -0.3 is 9.64 Å².